The number of rotatable bonds is 7. The molecule has 0 unspecified atom stereocenters. The summed E-state index contributed by atoms with van der Waals surface area (Å²) in [6.45, 7) is 2.53. The molecule has 0 atom stereocenters. The number of nitrogens with zero attached hydrogens (tertiary/aromatic N) is 2. The van der Waals surface area contributed by atoms with Gasteiger partial charge in [0, 0.05) is 25.2 Å². The Labute approximate surface area is 139 Å². The lowest BCUT2D eigenvalue weighted by molar-refractivity contribution is -0.143. The van der Waals surface area contributed by atoms with E-state index in [4.69, 9.17) is 16.3 Å². The molecule has 0 aromatic carbocycles. The minimum atomic E-state index is -0.255. The van der Waals surface area contributed by atoms with Gasteiger partial charge in [-0.25, -0.2) is 4.98 Å². The number of carbonyl (C=O) groups is 2. The quantitative estimate of drug-likeness (QED) is 0.479. The van der Waals surface area contributed by atoms with E-state index in [2.05, 4.69) is 10.3 Å². The van der Waals surface area contributed by atoms with Crippen LogP contribution in [-0.4, -0.2) is 34.4 Å². The molecule has 2 aromatic rings. The highest BCUT2D eigenvalue weighted by atomic mass is 35.5. The van der Waals surface area contributed by atoms with Gasteiger partial charge in [0.25, 0.3) is 0 Å². The lowest BCUT2D eigenvalue weighted by Crippen LogP contribution is -2.22. The van der Waals surface area contributed by atoms with Crippen LogP contribution >= 0.6 is 11.6 Å². The van der Waals surface area contributed by atoms with E-state index in [0.717, 1.165) is 0 Å². The molecule has 122 valence electrons. The van der Waals surface area contributed by atoms with Gasteiger partial charge >= 0.3 is 5.97 Å². The Morgan fingerprint density at radius 2 is 2.26 bits per heavy atom. The molecule has 1 N–H and O–H groups in total. The van der Waals surface area contributed by atoms with Crippen molar-refractivity contribution >= 4 is 35.2 Å². The summed E-state index contributed by atoms with van der Waals surface area (Å²) in [6, 6.07) is 5.55. The van der Waals surface area contributed by atoms with Crippen molar-refractivity contribution in [1.82, 2.24) is 14.7 Å². The minimum Gasteiger partial charge on any atom is -0.466 e. The molecule has 0 saturated heterocycles. The van der Waals surface area contributed by atoms with Crippen molar-refractivity contribution in [2.75, 3.05) is 13.2 Å². The number of hydrogen-bond acceptors (Lipinski definition) is 4. The molecule has 2 rings (SSSR count). The van der Waals surface area contributed by atoms with Gasteiger partial charge in [-0.15, -0.1) is 0 Å². The van der Waals surface area contributed by atoms with Gasteiger partial charge in [-0.1, -0.05) is 17.7 Å². The molecule has 0 radical (unpaired) electrons. The van der Waals surface area contributed by atoms with E-state index < -0.39 is 0 Å². The van der Waals surface area contributed by atoms with Gasteiger partial charge < -0.3 is 10.1 Å². The monoisotopic (exact) mass is 335 g/mol. The highest BCUT2D eigenvalue weighted by Crippen LogP contribution is 2.18. The number of ether oxygens (including phenoxy) is 1. The topological polar surface area (TPSA) is 72.7 Å². The Morgan fingerprint density at radius 3 is 3.04 bits per heavy atom. The summed E-state index contributed by atoms with van der Waals surface area (Å²) in [5.41, 5.74) is 1.36. The molecule has 0 saturated carbocycles. The fraction of sp³-hybridized carbons (Fsp3) is 0.312. The van der Waals surface area contributed by atoms with Crippen molar-refractivity contribution in [1.29, 1.82) is 0 Å². The SMILES string of the molecule is CCOC(=O)CCCNC(=O)/C=C/c1c(Cl)nc2ccccn12. The minimum absolute atomic E-state index is 0.254. The Hall–Kier alpha value is -2.34. The molecule has 0 aliphatic carbocycles. The van der Waals surface area contributed by atoms with Gasteiger partial charge in [-0.2, -0.15) is 0 Å². The van der Waals surface area contributed by atoms with Crippen molar-refractivity contribution in [3.8, 4) is 0 Å². The Bertz CT molecular complexity index is 724. The van der Waals surface area contributed by atoms with E-state index in [1.807, 2.05) is 24.4 Å². The molecule has 2 aromatic heterocycles. The number of imidazole rings is 1. The summed E-state index contributed by atoms with van der Waals surface area (Å²) in [4.78, 5) is 27.1. The smallest absolute Gasteiger partial charge is 0.305 e. The third-order valence-electron chi connectivity index (χ3n) is 3.08. The van der Waals surface area contributed by atoms with Gasteiger partial charge in [0.05, 0.1) is 12.3 Å². The standard InChI is InChI=1S/C16H18ClN3O3/c1-2-23-15(22)7-5-10-18-14(21)9-8-12-16(17)19-13-6-3-4-11-20(12)13/h3-4,6,8-9,11H,2,5,7,10H2,1H3,(H,18,21)/b9-8+. The van der Waals surface area contributed by atoms with Crippen LogP contribution in [0.15, 0.2) is 30.5 Å². The van der Waals surface area contributed by atoms with Crippen LogP contribution in [0.1, 0.15) is 25.5 Å². The largest absolute Gasteiger partial charge is 0.466 e. The summed E-state index contributed by atoms with van der Waals surface area (Å²) in [7, 11) is 0. The first-order valence-corrected chi connectivity index (χ1v) is 7.73. The van der Waals surface area contributed by atoms with Crippen LogP contribution in [0, 0.1) is 0 Å². The second-order valence-electron chi connectivity index (χ2n) is 4.75. The van der Waals surface area contributed by atoms with Gasteiger partial charge in [-0.05, 0) is 31.6 Å². The molecule has 23 heavy (non-hydrogen) atoms. The van der Waals surface area contributed by atoms with E-state index in [1.54, 1.807) is 17.4 Å². The van der Waals surface area contributed by atoms with E-state index in [1.165, 1.54) is 6.08 Å². The average molecular weight is 336 g/mol. The van der Waals surface area contributed by atoms with Crippen LogP contribution in [-0.2, 0) is 14.3 Å². The molecular formula is C16H18ClN3O3. The van der Waals surface area contributed by atoms with Crippen LogP contribution in [0.2, 0.25) is 5.15 Å². The van der Waals surface area contributed by atoms with Gasteiger partial charge in [0.15, 0.2) is 5.15 Å². The molecule has 0 spiro atoms. The summed E-state index contributed by atoms with van der Waals surface area (Å²) < 4.78 is 6.61. The number of halogens is 1. The number of aromatic nitrogens is 2. The number of hydrogen-bond donors (Lipinski definition) is 1. The summed E-state index contributed by atoms with van der Waals surface area (Å²) in [6.07, 6.45) is 5.66. The van der Waals surface area contributed by atoms with Crippen LogP contribution in [0.5, 0.6) is 0 Å². The lowest BCUT2D eigenvalue weighted by Gasteiger charge is -2.02. The lowest BCUT2D eigenvalue weighted by atomic mass is 10.3. The number of nitrogens with one attached hydrogen (secondary N) is 1. The number of esters is 1. The van der Waals surface area contributed by atoms with Crippen LogP contribution < -0.4 is 5.32 Å². The van der Waals surface area contributed by atoms with E-state index >= 15 is 0 Å². The molecule has 0 aliphatic heterocycles. The highest BCUT2D eigenvalue weighted by molar-refractivity contribution is 6.31. The molecule has 0 aliphatic rings. The first-order valence-electron chi connectivity index (χ1n) is 7.36. The first kappa shape index (κ1) is 17.0. The summed E-state index contributed by atoms with van der Waals surface area (Å²) >= 11 is 6.08. The molecule has 1 amide bonds. The summed E-state index contributed by atoms with van der Waals surface area (Å²) in [5, 5.41) is 3.04. The molecule has 0 fully saturated rings. The molecule has 2 heterocycles. The van der Waals surface area contributed by atoms with Gasteiger partial charge in [-0.3, -0.25) is 14.0 Å². The first-order chi connectivity index (χ1) is 11.1. The van der Waals surface area contributed by atoms with E-state index in [0.29, 0.717) is 36.1 Å². The second-order valence-corrected chi connectivity index (χ2v) is 5.11. The van der Waals surface area contributed by atoms with E-state index in [9.17, 15) is 9.59 Å². The maximum Gasteiger partial charge on any atom is 0.305 e. The maximum absolute atomic E-state index is 11.8. The predicted molar refractivity (Wildman–Crippen MR) is 88.1 cm³/mol. The third kappa shape index (κ3) is 4.82. The van der Waals surface area contributed by atoms with E-state index in [-0.39, 0.29) is 18.3 Å². The molecular weight excluding hydrogens is 318 g/mol. The van der Waals surface area contributed by atoms with Crippen LogP contribution in [0.3, 0.4) is 0 Å². The number of fused-ring (bicyclic) bond motifs is 1. The Balaban J connectivity index is 1.86. The van der Waals surface area contributed by atoms with Crippen molar-refractivity contribution in [3.05, 3.63) is 41.3 Å². The Morgan fingerprint density at radius 1 is 1.43 bits per heavy atom. The normalized spacial score (nSPS) is 11.0. The predicted octanol–water partition coefficient (Wildman–Crippen LogP) is 2.46. The fourth-order valence-electron chi connectivity index (χ4n) is 2.03. The van der Waals surface area contributed by atoms with Crippen LogP contribution in [0.25, 0.3) is 11.7 Å². The average Bonchev–Trinajstić information content (AvgIpc) is 2.85. The van der Waals surface area contributed by atoms with Gasteiger partial charge in [0.2, 0.25) is 5.91 Å². The molecule has 0 bridgehead atoms. The second kappa shape index (κ2) is 8.33. The fourth-order valence-corrected chi connectivity index (χ4v) is 2.27. The van der Waals surface area contributed by atoms with Crippen molar-refractivity contribution in [2.45, 2.75) is 19.8 Å². The van der Waals surface area contributed by atoms with Crippen molar-refractivity contribution < 1.29 is 14.3 Å². The Kier molecular flexibility index (Phi) is 6.17. The summed E-state index contributed by atoms with van der Waals surface area (Å²) in [5.74, 6) is -0.509. The van der Waals surface area contributed by atoms with Crippen molar-refractivity contribution in [2.24, 2.45) is 0 Å². The zero-order valence-corrected chi connectivity index (χ0v) is 13.5. The van der Waals surface area contributed by atoms with Gasteiger partial charge in [0.1, 0.15) is 5.65 Å². The maximum atomic E-state index is 11.8. The number of carbonyl (C=O) groups excluding carboxylic acids is 2. The third-order valence-corrected chi connectivity index (χ3v) is 3.35. The highest BCUT2D eigenvalue weighted by Gasteiger charge is 2.07. The van der Waals surface area contributed by atoms with Crippen LogP contribution in [0.4, 0.5) is 0 Å². The molecule has 6 nitrogen and oxygen atoms in total. The zero-order valence-electron chi connectivity index (χ0n) is 12.8. The number of pyridine rings is 1. The molecule has 7 heteroatoms. The zero-order chi connectivity index (χ0) is 16.7. The number of amides is 1. The van der Waals surface area contributed by atoms with Crippen molar-refractivity contribution in [3.63, 3.8) is 0 Å².